The van der Waals surface area contributed by atoms with Gasteiger partial charge in [-0.2, -0.15) is 0 Å². The number of nitrogens with zero attached hydrogens (tertiary/aromatic N) is 2. The van der Waals surface area contributed by atoms with Crippen molar-refractivity contribution < 1.29 is 14.3 Å². The highest BCUT2D eigenvalue weighted by molar-refractivity contribution is 5.95. The highest BCUT2D eigenvalue weighted by atomic mass is 16.5. The van der Waals surface area contributed by atoms with E-state index in [1.54, 1.807) is 0 Å². The zero-order valence-electron chi connectivity index (χ0n) is 18.9. The van der Waals surface area contributed by atoms with Gasteiger partial charge >= 0.3 is 12.0 Å². The van der Waals surface area contributed by atoms with E-state index < -0.39 is 12.0 Å². The Bertz CT molecular complexity index is 1010. The molecule has 7 nitrogen and oxygen atoms in total. The molecule has 2 heterocycles. The van der Waals surface area contributed by atoms with Crippen molar-refractivity contribution >= 4 is 17.7 Å². The van der Waals surface area contributed by atoms with Crippen LogP contribution in [0.4, 0.5) is 10.5 Å². The van der Waals surface area contributed by atoms with Crippen LogP contribution in [0.25, 0.3) is 0 Å². The van der Waals surface area contributed by atoms with Crippen LogP contribution in [-0.2, 0) is 9.53 Å². The summed E-state index contributed by atoms with van der Waals surface area (Å²) in [7, 11) is 1.37. The number of carbonyl (C=O) groups excluding carboxylic acids is 2. The van der Waals surface area contributed by atoms with Gasteiger partial charge in [0.15, 0.2) is 0 Å². The molecule has 0 bridgehead atoms. The Morgan fingerprint density at radius 2 is 1.56 bits per heavy atom. The number of urea groups is 1. The normalized spacial score (nSPS) is 19.4. The SMILES string of the molecule is COC(=O)C1=C(CN2CCN(c3ccc(C)cc3)CC2)NC(=O)N[C@H]1c1ccc(C)cc1. The minimum absolute atomic E-state index is 0.309. The minimum atomic E-state index is -0.541. The van der Waals surface area contributed by atoms with Crippen molar-refractivity contribution in [2.24, 2.45) is 0 Å². The van der Waals surface area contributed by atoms with Crippen LogP contribution in [0.15, 0.2) is 59.8 Å². The van der Waals surface area contributed by atoms with E-state index in [0.29, 0.717) is 17.8 Å². The van der Waals surface area contributed by atoms with E-state index in [9.17, 15) is 9.59 Å². The van der Waals surface area contributed by atoms with E-state index in [1.165, 1.54) is 18.4 Å². The van der Waals surface area contributed by atoms with Gasteiger partial charge in [0.1, 0.15) is 0 Å². The molecule has 2 N–H and O–H groups in total. The maximum atomic E-state index is 12.7. The number of methoxy groups -OCH3 is 1. The summed E-state index contributed by atoms with van der Waals surface area (Å²) < 4.78 is 5.09. The summed E-state index contributed by atoms with van der Waals surface area (Å²) in [5.41, 5.74) is 5.50. The zero-order chi connectivity index (χ0) is 22.7. The lowest BCUT2D eigenvalue weighted by Gasteiger charge is -2.38. The summed E-state index contributed by atoms with van der Waals surface area (Å²) in [5, 5.41) is 5.74. The highest BCUT2D eigenvalue weighted by Gasteiger charge is 2.34. The fraction of sp³-hybridized carbons (Fsp3) is 0.360. The van der Waals surface area contributed by atoms with Gasteiger partial charge in [0.2, 0.25) is 0 Å². The number of amides is 2. The van der Waals surface area contributed by atoms with E-state index in [1.807, 2.05) is 31.2 Å². The third kappa shape index (κ3) is 4.78. The molecule has 1 fully saturated rings. The summed E-state index contributed by atoms with van der Waals surface area (Å²) in [6.45, 7) is 8.03. The van der Waals surface area contributed by atoms with Crippen molar-refractivity contribution in [2.75, 3.05) is 44.7 Å². The van der Waals surface area contributed by atoms with Crippen LogP contribution in [-0.4, -0.2) is 56.7 Å². The monoisotopic (exact) mass is 434 g/mol. The van der Waals surface area contributed by atoms with Crippen molar-refractivity contribution in [1.29, 1.82) is 0 Å². The Hall–Kier alpha value is -3.32. The molecule has 4 rings (SSSR count). The topological polar surface area (TPSA) is 73.9 Å². The Balaban J connectivity index is 1.53. The Labute approximate surface area is 189 Å². The predicted octanol–water partition coefficient (Wildman–Crippen LogP) is 2.91. The Kier molecular flexibility index (Phi) is 6.46. The number of carbonyl (C=O) groups is 2. The second kappa shape index (κ2) is 9.44. The second-order valence-electron chi connectivity index (χ2n) is 8.42. The van der Waals surface area contributed by atoms with Gasteiger partial charge in [-0.15, -0.1) is 0 Å². The molecule has 168 valence electrons. The van der Waals surface area contributed by atoms with E-state index in [-0.39, 0.29) is 6.03 Å². The van der Waals surface area contributed by atoms with Gasteiger partial charge in [-0.1, -0.05) is 47.5 Å². The third-order valence-electron chi connectivity index (χ3n) is 6.12. The van der Waals surface area contributed by atoms with Crippen molar-refractivity contribution in [3.8, 4) is 0 Å². The summed E-state index contributed by atoms with van der Waals surface area (Å²) in [4.78, 5) is 29.8. The van der Waals surface area contributed by atoms with Gasteiger partial charge in [-0.05, 0) is 31.5 Å². The number of hydrogen-bond donors (Lipinski definition) is 2. The van der Waals surface area contributed by atoms with E-state index in [0.717, 1.165) is 37.3 Å². The molecule has 2 aromatic carbocycles. The maximum Gasteiger partial charge on any atom is 0.338 e. The second-order valence-corrected chi connectivity index (χ2v) is 8.42. The van der Waals surface area contributed by atoms with Crippen molar-refractivity contribution in [3.05, 3.63) is 76.5 Å². The number of aryl methyl sites for hydroxylation is 2. The van der Waals surface area contributed by atoms with Crippen LogP contribution in [0.3, 0.4) is 0 Å². The number of esters is 1. The summed E-state index contributed by atoms with van der Waals surface area (Å²) in [6.07, 6.45) is 0. The molecule has 0 aromatic heterocycles. The molecular formula is C25H30N4O3. The molecule has 0 saturated carbocycles. The van der Waals surface area contributed by atoms with Gasteiger partial charge in [0, 0.05) is 44.1 Å². The first-order chi connectivity index (χ1) is 15.4. The number of hydrogen-bond acceptors (Lipinski definition) is 5. The fourth-order valence-electron chi connectivity index (χ4n) is 4.25. The van der Waals surface area contributed by atoms with Crippen LogP contribution < -0.4 is 15.5 Å². The summed E-state index contributed by atoms with van der Waals surface area (Å²) in [5.74, 6) is -0.434. The highest BCUT2D eigenvalue weighted by Crippen LogP contribution is 2.28. The standard InChI is InChI=1S/C25H30N4O3/c1-17-4-8-19(9-5-17)23-22(24(30)32-3)21(26-25(31)27-23)16-28-12-14-29(15-13-28)20-10-6-18(2)7-11-20/h4-11,23H,12-16H2,1-3H3,(H2,26,27,31)/t23-/m0/s1. The van der Waals surface area contributed by atoms with Crippen molar-refractivity contribution in [3.63, 3.8) is 0 Å². The molecule has 0 unspecified atom stereocenters. The van der Waals surface area contributed by atoms with Crippen LogP contribution >= 0.6 is 0 Å². The fourth-order valence-corrected chi connectivity index (χ4v) is 4.25. The van der Waals surface area contributed by atoms with E-state index in [4.69, 9.17) is 4.74 Å². The molecule has 32 heavy (non-hydrogen) atoms. The minimum Gasteiger partial charge on any atom is -0.466 e. The zero-order valence-corrected chi connectivity index (χ0v) is 18.9. The number of nitrogens with one attached hydrogen (secondary N) is 2. The quantitative estimate of drug-likeness (QED) is 0.708. The maximum absolute atomic E-state index is 12.7. The molecule has 0 radical (unpaired) electrons. The molecule has 2 amide bonds. The predicted molar refractivity (Wildman–Crippen MR) is 124 cm³/mol. The lowest BCUT2D eigenvalue weighted by Crippen LogP contribution is -2.51. The van der Waals surface area contributed by atoms with Gasteiger partial charge in [0.05, 0.1) is 18.7 Å². The third-order valence-corrected chi connectivity index (χ3v) is 6.12. The van der Waals surface area contributed by atoms with Gasteiger partial charge in [0.25, 0.3) is 0 Å². The molecular weight excluding hydrogens is 404 g/mol. The number of anilines is 1. The molecule has 7 heteroatoms. The average molecular weight is 435 g/mol. The molecule has 2 aromatic rings. The average Bonchev–Trinajstić information content (AvgIpc) is 2.80. The molecule has 2 aliphatic rings. The molecule has 1 saturated heterocycles. The number of ether oxygens (including phenoxy) is 1. The summed E-state index contributed by atoms with van der Waals surface area (Å²) in [6, 6.07) is 15.5. The number of benzene rings is 2. The first kappa shape index (κ1) is 21.9. The van der Waals surface area contributed by atoms with Crippen LogP contribution in [0, 0.1) is 13.8 Å². The lowest BCUT2D eigenvalue weighted by atomic mass is 9.94. The van der Waals surface area contributed by atoms with Crippen LogP contribution in [0.1, 0.15) is 22.7 Å². The van der Waals surface area contributed by atoms with Crippen molar-refractivity contribution in [2.45, 2.75) is 19.9 Å². The number of piperazine rings is 1. The van der Waals surface area contributed by atoms with Gasteiger partial charge in [-0.25, -0.2) is 9.59 Å². The first-order valence-corrected chi connectivity index (χ1v) is 10.9. The van der Waals surface area contributed by atoms with Crippen LogP contribution in [0.5, 0.6) is 0 Å². The summed E-state index contributed by atoms with van der Waals surface area (Å²) >= 11 is 0. The molecule has 1 atom stereocenters. The van der Waals surface area contributed by atoms with Crippen molar-refractivity contribution in [1.82, 2.24) is 15.5 Å². The molecule has 2 aliphatic heterocycles. The van der Waals surface area contributed by atoms with E-state index >= 15 is 0 Å². The van der Waals surface area contributed by atoms with Gasteiger partial charge in [-0.3, -0.25) is 4.90 Å². The first-order valence-electron chi connectivity index (χ1n) is 10.9. The smallest absolute Gasteiger partial charge is 0.338 e. The number of rotatable bonds is 5. The molecule has 0 spiro atoms. The Morgan fingerprint density at radius 1 is 0.969 bits per heavy atom. The van der Waals surface area contributed by atoms with E-state index in [2.05, 4.69) is 51.6 Å². The lowest BCUT2D eigenvalue weighted by molar-refractivity contribution is -0.136. The van der Waals surface area contributed by atoms with Gasteiger partial charge < -0.3 is 20.3 Å². The Morgan fingerprint density at radius 3 is 2.16 bits per heavy atom. The molecule has 0 aliphatic carbocycles. The van der Waals surface area contributed by atoms with Crippen LogP contribution in [0.2, 0.25) is 0 Å². The largest absolute Gasteiger partial charge is 0.466 e.